The lowest BCUT2D eigenvalue weighted by Gasteiger charge is -2.39. The van der Waals surface area contributed by atoms with Crippen LogP contribution in [0.15, 0.2) is 6.07 Å². The summed E-state index contributed by atoms with van der Waals surface area (Å²) in [7, 11) is 0. The van der Waals surface area contributed by atoms with Gasteiger partial charge in [0.25, 0.3) is 0 Å². The lowest BCUT2D eigenvalue weighted by Crippen LogP contribution is -2.38. The van der Waals surface area contributed by atoms with Crippen LogP contribution in [0.25, 0.3) is 0 Å². The van der Waals surface area contributed by atoms with Gasteiger partial charge in [0.15, 0.2) is 0 Å². The van der Waals surface area contributed by atoms with Crippen molar-refractivity contribution in [2.24, 2.45) is 0 Å². The maximum Gasteiger partial charge on any atom is 0.142 e. The Kier molecular flexibility index (Phi) is 15.1. The van der Waals surface area contributed by atoms with Gasteiger partial charge in [-0.3, -0.25) is 4.90 Å². The molecule has 0 aromatic heterocycles. The maximum atomic E-state index is 9.00. The van der Waals surface area contributed by atoms with Crippen LogP contribution in [0.4, 0.5) is 0 Å². The molecule has 0 spiro atoms. The minimum atomic E-state index is -0.0367. The first kappa shape index (κ1) is 32.3. The summed E-state index contributed by atoms with van der Waals surface area (Å²) in [4.78, 5) is 2.43. The molecule has 0 bridgehead atoms. The molecule has 3 rings (SSSR count). The van der Waals surface area contributed by atoms with E-state index in [0.29, 0.717) is 13.3 Å². The molecule has 224 valence electrons. The quantitative estimate of drug-likeness (QED) is 0.157. The number of rotatable bonds is 21. The van der Waals surface area contributed by atoms with E-state index in [4.69, 9.17) is 14.6 Å². The fourth-order valence-electron chi connectivity index (χ4n) is 6.51. The van der Waals surface area contributed by atoms with E-state index in [1.807, 2.05) is 0 Å². The van der Waals surface area contributed by atoms with Crippen LogP contribution in [0.3, 0.4) is 0 Å². The molecule has 1 N–H and O–H groups in total. The van der Waals surface area contributed by atoms with Crippen molar-refractivity contribution >= 4 is 0 Å². The van der Waals surface area contributed by atoms with Crippen LogP contribution in [0.5, 0.6) is 11.5 Å². The summed E-state index contributed by atoms with van der Waals surface area (Å²) in [5, 5.41) is 9.00. The van der Waals surface area contributed by atoms with E-state index >= 15 is 0 Å². The number of fused-ring (bicyclic) bond motifs is 3. The van der Waals surface area contributed by atoms with Crippen molar-refractivity contribution in [3.8, 4) is 11.5 Å². The van der Waals surface area contributed by atoms with E-state index in [0.717, 1.165) is 56.7 Å². The number of aliphatic hydroxyl groups is 1. The summed E-state index contributed by atoms with van der Waals surface area (Å²) in [6.45, 7) is 9.85. The highest BCUT2D eigenvalue weighted by Gasteiger charge is 2.35. The number of aryl methyl sites for hydroxylation is 1. The monoisotopic (exact) mass is 543 g/mol. The lowest BCUT2D eigenvalue weighted by molar-refractivity contribution is 0.0491. The van der Waals surface area contributed by atoms with Gasteiger partial charge in [-0.05, 0) is 64.0 Å². The van der Waals surface area contributed by atoms with Gasteiger partial charge in [0.05, 0.1) is 0 Å². The standard InChI is InChI=1S/C35H61NO3/c1-4-5-6-7-8-9-10-11-12-13-14-15-16-19-23-35(3)24-22-31-32-28-36(25-20-17-18-21-26-37)29-38-33(32)27-30(2)34(31)39-35/h27,37H,4-26,28-29H2,1-3H3/t35-/m1/s1. The molecule has 4 heteroatoms. The van der Waals surface area contributed by atoms with E-state index < -0.39 is 0 Å². The Balaban J connectivity index is 1.33. The van der Waals surface area contributed by atoms with Crippen LogP contribution in [0, 0.1) is 6.92 Å². The van der Waals surface area contributed by atoms with Crippen LogP contribution in [-0.4, -0.2) is 35.5 Å². The van der Waals surface area contributed by atoms with Crippen molar-refractivity contribution in [2.75, 3.05) is 19.9 Å². The average molecular weight is 544 g/mol. The van der Waals surface area contributed by atoms with Crippen LogP contribution in [-0.2, 0) is 13.0 Å². The van der Waals surface area contributed by atoms with Crippen LogP contribution >= 0.6 is 0 Å². The zero-order valence-corrected chi connectivity index (χ0v) is 26.0. The van der Waals surface area contributed by atoms with Crippen molar-refractivity contribution < 1.29 is 14.6 Å². The number of hydrogen-bond donors (Lipinski definition) is 1. The Morgan fingerprint density at radius 3 is 2.03 bits per heavy atom. The lowest BCUT2D eigenvalue weighted by atomic mass is 9.85. The Morgan fingerprint density at radius 1 is 0.795 bits per heavy atom. The molecule has 0 amide bonds. The first-order chi connectivity index (χ1) is 19.1. The van der Waals surface area contributed by atoms with Gasteiger partial charge in [0, 0.05) is 30.8 Å². The highest BCUT2D eigenvalue weighted by molar-refractivity contribution is 5.55. The minimum absolute atomic E-state index is 0.0367. The molecule has 2 aliphatic heterocycles. The topological polar surface area (TPSA) is 41.9 Å². The number of aliphatic hydroxyl groups excluding tert-OH is 1. The molecule has 0 unspecified atom stereocenters. The third-order valence-corrected chi connectivity index (χ3v) is 9.12. The number of nitrogens with zero attached hydrogens (tertiary/aromatic N) is 1. The second-order valence-electron chi connectivity index (χ2n) is 12.8. The van der Waals surface area contributed by atoms with Crippen LogP contribution in [0.1, 0.15) is 159 Å². The number of ether oxygens (including phenoxy) is 2. The Labute approximate surface area is 241 Å². The largest absolute Gasteiger partial charge is 0.487 e. The second kappa shape index (κ2) is 18.2. The van der Waals surface area contributed by atoms with E-state index in [-0.39, 0.29) is 5.60 Å². The molecule has 4 nitrogen and oxygen atoms in total. The Bertz CT molecular complexity index is 810. The zero-order chi connectivity index (χ0) is 27.8. The Hall–Kier alpha value is -1.26. The van der Waals surface area contributed by atoms with Gasteiger partial charge in [-0.1, -0.05) is 103 Å². The van der Waals surface area contributed by atoms with E-state index in [1.54, 1.807) is 0 Å². The molecule has 0 saturated carbocycles. The highest BCUT2D eigenvalue weighted by atomic mass is 16.5. The number of unbranched alkanes of at least 4 members (excludes halogenated alkanes) is 16. The van der Waals surface area contributed by atoms with Gasteiger partial charge in [0.1, 0.15) is 23.8 Å². The highest BCUT2D eigenvalue weighted by Crippen LogP contribution is 2.44. The van der Waals surface area contributed by atoms with Crippen molar-refractivity contribution in [3.05, 3.63) is 22.8 Å². The molecule has 1 aromatic carbocycles. The summed E-state index contributed by atoms with van der Waals surface area (Å²) in [6, 6.07) is 2.21. The van der Waals surface area contributed by atoms with Gasteiger partial charge in [-0.25, -0.2) is 0 Å². The van der Waals surface area contributed by atoms with Gasteiger partial charge in [0.2, 0.25) is 0 Å². The smallest absolute Gasteiger partial charge is 0.142 e. The summed E-state index contributed by atoms with van der Waals surface area (Å²) in [5.74, 6) is 2.21. The molecule has 1 atom stereocenters. The molecular formula is C35H61NO3. The van der Waals surface area contributed by atoms with Crippen molar-refractivity contribution in [3.63, 3.8) is 0 Å². The van der Waals surface area contributed by atoms with Crippen molar-refractivity contribution in [2.45, 2.75) is 168 Å². The average Bonchev–Trinajstić information content (AvgIpc) is 2.93. The predicted molar refractivity (Wildman–Crippen MR) is 165 cm³/mol. The van der Waals surface area contributed by atoms with Gasteiger partial charge in [-0.15, -0.1) is 0 Å². The summed E-state index contributed by atoms with van der Waals surface area (Å²) >= 11 is 0. The Morgan fingerprint density at radius 2 is 1.38 bits per heavy atom. The summed E-state index contributed by atoms with van der Waals surface area (Å²) < 4.78 is 13.0. The molecular weight excluding hydrogens is 482 g/mol. The normalized spacial score (nSPS) is 18.9. The van der Waals surface area contributed by atoms with Crippen molar-refractivity contribution in [1.82, 2.24) is 4.90 Å². The molecule has 0 saturated heterocycles. The summed E-state index contributed by atoms with van der Waals surface area (Å²) in [5.41, 5.74) is 3.95. The fraction of sp³-hybridized carbons (Fsp3) is 0.829. The fourth-order valence-corrected chi connectivity index (χ4v) is 6.51. The summed E-state index contributed by atoms with van der Waals surface area (Å²) in [6.07, 6.45) is 27.4. The van der Waals surface area contributed by atoms with Crippen molar-refractivity contribution in [1.29, 1.82) is 0 Å². The molecule has 39 heavy (non-hydrogen) atoms. The maximum absolute atomic E-state index is 9.00. The zero-order valence-electron chi connectivity index (χ0n) is 26.0. The molecule has 2 aliphatic rings. The molecule has 0 radical (unpaired) electrons. The second-order valence-corrected chi connectivity index (χ2v) is 12.8. The SMILES string of the molecule is CCCCCCCCCCCCCCCC[C@]1(C)CCc2c3c(cc(C)c2O1)OCN(CCCCCCO)C3. The van der Waals surface area contributed by atoms with E-state index in [2.05, 4.69) is 31.7 Å². The molecule has 0 fully saturated rings. The van der Waals surface area contributed by atoms with Gasteiger partial charge >= 0.3 is 0 Å². The minimum Gasteiger partial charge on any atom is -0.487 e. The number of benzene rings is 1. The molecule has 1 aromatic rings. The first-order valence-electron chi connectivity index (χ1n) is 16.9. The van der Waals surface area contributed by atoms with Crippen LogP contribution < -0.4 is 9.47 Å². The third-order valence-electron chi connectivity index (χ3n) is 9.12. The molecule has 0 aliphatic carbocycles. The van der Waals surface area contributed by atoms with E-state index in [1.165, 1.54) is 119 Å². The van der Waals surface area contributed by atoms with E-state index in [9.17, 15) is 0 Å². The van der Waals surface area contributed by atoms with Gasteiger partial charge < -0.3 is 14.6 Å². The van der Waals surface area contributed by atoms with Crippen LogP contribution in [0.2, 0.25) is 0 Å². The molecule has 2 heterocycles. The first-order valence-corrected chi connectivity index (χ1v) is 16.9. The third kappa shape index (κ3) is 11.3. The van der Waals surface area contributed by atoms with Gasteiger partial charge in [-0.2, -0.15) is 0 Å². The number of hydrogen-bond acceptors (Lipinski definition) is 4. The predicted octanol–water partition coefficient (Wildman–Crippen LogP) is 9.65.